The fraction of sp³-hybridized carbons (Fsp3) is 0.568. The Hall–Kier alpha value is -2.86. The van der Waals surface area contributed by atoms with Crippen molar-refractivity contribution < 1.29 is 18.8 Å². The van der Waals surface area contributed by atoms with Crippen molar-refractivity contribution in [2.75, 3.05) is 18.5 Å². The zero-order valence-electron chi connectivity index (χ0n) is 27.4. The van der Waals surface area contributed by atoms with Crippen molar-refractivity contribution in [3.63, 3.8) is 0 Å². The molecule has 1 aromatic heterocycles. The van der Waals surface area contributed by atoms with Crippen molar-refractivity contribution in [2.45, 2.75) is 124 Å². The molecule has 0 unspecified atom stereocenters. The molecule has 2 aromatic carbocycles. The maximum Gasteiger partial charge on any atom is 0.262 e. The van der Waals surface area contributed by atoms with Crippen molar-refractivity contribution >= 4 is 22.9 Å². The zero-order valence-corrected chi connectivity index (χ0v) is 28.2. The summed E-state index contributed by atoms with van der Waals surface area (Å²) >= 11 is 1.74. The first-order valence-electron chi connectivity index (χ1n) is 16.5. The molecule has 0 aliphatic heterocycles. The number of hydrogen-bond donors (Lipinski definition) is 1. The van der Waals surface area contributed by atoms with Crippen LogP contribution in [-0.2, 0) is 16.8 Å². The summed E-state index contributed by atoms with van der Waals surface area (Å²) in [4.78, 5) is 13.9. The van der Waals surface area contributed by atoms with Crippen molar-refractivity contribution in [1.29, 1.82) is 0 Å². The number of anilines is 1. The lowest BCUT2D eigenvalue weighted by Crippen LogP contribution is -2.30. The van der Waals surface area contributed by atoms with Crippen LogP contribution in [0.2, 0.25) is 0 Å². The van der Waals surface area contributed by atoms with E-state index in [0.717, 1.165) is 36.6 Å². The first-order valence-corrected chi connectivity index (χ1v) is 17.4. The van der Waals surface area contributed by atoms with Gasteiger partial charge in [-0.05, 0) is 49.1 Å². The quantitative estimate of drug-likeness (QED) is 0.103. The van der Waals surface area contributed by atoms with Crippen LogP contribution in [0.15, 0.2) is 54.2 Å². The first kappa shape index (κ1) is 34.6. The number of unbranched alkanes of at least 4 members (excludes halogenated alkanes) is 11. The van der Waals surface area contributed by atoms with Crippen LogP contribution in [0.4, 0.5) is 5.69 Å². The van der Waals surface area contributed by atoms with Gasteiger partial charge in [0.1, 0.15) is 11.5 Å². The average molecular weight is 608 g/mol. The predicted molar refractivity (Wildman–Crippen MR) is 181 cm³/mol. The van der Waals surface area contributed by atoms with E-state index in [-0.39, 0.29) is 17.9 Å². The summed E-state index contributed by atoms with van der Waals surface area (Å²) < 4.78 is 14.3. The van der Waals surface area contributed by atoms with Gasteiger partial charge in [-0.1, -0.05) is 122 Å². The van der Waals surface area contributed by atoms with Crippen molar-refractivity contribution in [3.05, 3.63) is 70.2 Å². The van der Waals surface area contributed by atoms with Crippen molar-refractivity contribution in [1.82, 2.24) is 0 Å². The molecule has 0 saturated carbocycles. The molecule has 0 fully saturated rings. The molecule has 236 valence electrons. The Bertz CT molecular complexity index is 1210. The van der Waals surface area contributed by atoms with E-state index < -0.39 is 0 Å². The molecule has 1 N–H and O–H groups in total. The Morgan fingerprint density at radius 2 is 1.47 bits per heavy atom. The van der Waals surface area contributed by atoms with Crippen LogP contribution in [0.3, 0.4) is 0 Å². The number of benzene rings is 2. The summed E-state index contributed by atoms with van der Waals surface area (Å²) in [6.45, 7) is 12.4. The number of rotatable bonds is 20. The lowest BCUT2D eigenvalue weighted by Gasteiger charge is -2.24. The summed E-state index contributed by atoms with van der Waals surface area (Å²) in [5.41, 5.74) is 5.06. The second-order valence-corrected chi connectivity index (χ2v) is 13.9. The minimum absolute atomic E-state index is 0.0472. The molecule has 1 amide bonds. The zero-order chi connectivity index (χ0) is 30.9. The lowest BCUT2D eigenvalue weighted by molar-refractivity contribution is -0.683. The Morgan fingerprint density at radius 3 is 2.05 bits per heavy atom. The number of hydrogen-bond acceptors (Lipinski definition) is 4. The van der Waals surface area contributed by atoms with E-state index in [1.165, 1.54) is 81.1 Å². The molecule has 3 aromatic rings. The summed E-state index contributed by atoms with van der Waals surface area (Å²) in [5, 5.41) is 2.94. The van der Waals surface area contributed by atoms with Gasteiger partial charge in [0.15, 0.2) is 19.3 Å². The summed E-state index contributed by atoms with van der Waals surface area (Å²) in [6, 6.07) is 13.9. The summed E-state index contributed by atoms with van der Waals surface area (Å²) in [5.74, 6) is 1.40. The highest BCUT2D eigenvalue weighted by molar-refractivity contribution is 7.09. The third-order valence-electron chi connectivity index (χ3n) is 7.71. The molecule has 0 atom stereocenters. The van der Waals surface area contributed by atoms with Gasteiger partial charge >= 0.3 is 0 Å². The number of aromatic nitrogens is 1. The lowest BCUT2D eigenvalue weighted by atomic mass is 9.86. The standard InChI is InChI=1S/C37H54N2O3S/c1-6-7-8-9-10-11-12-13-14-15-16-17-24-41-35-23-22-33(25-34(35)37(3,4)5)42-28-36(40)38-32-20-18-31(19-21-32)27-39-26-30(2)43-29-39/h18-23,25-26,29H,6-17,24,27-28H2,1-5H3/p+1. The highest BCUT2D eigenvalue weighted by Crippen LogP contribution is 2.34. The van der Waals surface area contributed by atoms with Crippen LogP contribution in [0, 0.1) is 6.92 Å². The molecule has 6 heteroatoms. The van der Waals surface area contributed by atoms with Crippen molar-refractivity contribution in [2.24, 2.45) is 0 Å². The van der Waals surface area contributed by atoms with Gasteiger partial charge in [0.2, 0.25) is 5.51 Å². The van der Waals surface area contributed by atoms with E-state index in [1.54, 1.807) is 11.3 Å². The fourth-order valence-electron chi connectivity index (χ4n) is 5.21. The Labute approximate surface area is 265 Å². The number of amides is 1. The first-order chi connectivity index (χ1) is 20.7. The maximum atomic E-state index is 12.6. The van der Waals surface area contributed by atoms with Crippen LogP contribution >= 0.6 is 11.3 Å². The summed E-state index contributed by atoms with van der Waals surface area (Å²) in [6.07, 6.45) is 18.2. The van der Waals surface area contributed by atoms with Crippen molar-refractivity contribution in [3.8, 4) is 11.5 Å². The smallest absolute Gasteiger partial charge is 0.262 e. The van der Waals surface area contributed by atoms with Crippen LogP contribution in [0.1, 0.15) is 121 Å². The van der Waals surface area contributed by atoms with Gasteiger partial charge in [-0.25, -0.2) is 0 Å². The maximum absolute atomic E-state index is 12.6. The third kappa shape index (κ3) is 13.5. The minimum atomic E-state index is -0.180. The third-order valence-corrected chi connectivity index (χ3v) is 8.56. The highest BCUT2D eigenvalue weighted by atomic mass is 32.1. The normalized spacial score (nSPS) is 11.5. The van der Waals surface area contributed by atoms with Gasteiger partial charge in [-0.3, -0.25) is 4.79 Å². The van der Waals surface area contributed by atoms with Crippen LogP contribution in [-0.4, -0.2) is 19.1 Å². The van der Waals surface area contributed by atoms with Crippen LogP contribution in [0.5, 0.6) is 11.5 Å². The number of aryl methyl sites for hydroxylation is 1. The molecule has 43 heavy (non-hydrogen) atoms. The molecule has 1 heterocycles. The molecular weight excluding hydrogens is 552 g/mol. The van der Waals surface area contributed by atoms with E-state index in [4.69, 9.17) is 9.47 Å². The van der Waals surface area contributed by atoms with E-state index in [2.05, 4.69) is 56.2 Å². The molecule has 0 bridgehead atoms. The van der Waals surface area contributed by atoms with Gasteiger partial charge in [-0.15, -0.1) is 0 Å². The van der Waals surface area contributed by atoms with Gasteiger partial charge in [0.25, 0.3) is 5.91 Å². The Balaban J connectivity index is 1.36. The Morgan fingerprint density at radius 1 is 0.837 bits per heavy atom. The largest absolute Gasteiger partial charge is 0.493 e. The topological polar surface area (TPSA) is 51.4 Å². The second kappa shape index (κ2) is 18.7. The molecule has 0 radical (unpaired) electrons. The van der Waals surface area contributed by atoms with E-state index in [1.807, 2.05) is 42.5 Å². The number of thiazole rings is 1. The number of nitrogens with one attached hydrogen (secondary N) is 1. The molecular formula is C37H55N2O3S+. The predicted octanol–water partition coefficient (Wildman–Crippen LogP) is 9.79. The summed E-state index contributed by atoms with van der Waals surface area (Å²) in [7, 11) is 0. The number of carbonyl (C=O) groups excluding carboxylic acids is 1. The SMILES string of the molecule is CCCCCCCCCCCCCCOc1ccc(OCC(=O)Nc2ccc(C[n+]3csc(C)c3)cc2)cc1C(C)(C)C. The Kier molecular flexibility index (Phi) is 15.1. The molecule has 0 aliphatic carbocycles. The monoisotopic (exact) mass is 607 g/mol. The fourth-order valence-corrected chi connectivity index (χ4v) is 5.85. The molecule has 3 rings (SSSR count). The highest BCUT2D eigenvalue weighted by Gasteiger charge is 2.20. The van der Waals surface area contributed by atoms with Crippen LogP contribution in [0.25, 0.3) is 0 Å². The second-order valence-electron chi connectivity index (χ2n) is 12.8. The van der Waals surface area contributed by atoms with E-state index in [0.29, 0.717) is 5.75 Å². The molecule has 0 aliphatic rings. The average Bonchev–Trinajstić information content (AvgIpc) is 3.39. The van der Waals surface area contributed by atoms with E-state index in [9.17, 15) is 4.79 Å². The van der Waals surface area contributed by atoms with E-state index >= 15 is 0 Å². The molecule has 0 spiro atoms. The number of nitrogens with zero attached hydrogens (tertiary/aromatic N) is 1. The molecule has 5 nitrogen and oxygen atoms in total. The van der Waals surface area contributed by atoms with Crippen LogP contribution < -0.4 is 19.4 Å². The number of carbonyl (C=O) groups is 1. The van der Waals surface area contributed by atoms with Gasteiger partial charge in [0, 0.05) is 16.8 Å². The van der Waals surface area contributed by atoms with Gasteiger partial charge < -0.3 is 14.8 Å². The number of ether oxygens (including phenoxy) is 2. The van der Waals surface area contributed by atoms with Gasteiger partial charge in [-0.2, -0.15) is 4.57 Å². The van der Waals surface area contributed by atoms with Gasteiger partial charge in [0.05, 0.1) is 11.5 Å². The molecule has 0 saturated heterocycles. The minimum Gasteiger partial charge on any atom is -0.493 e.